The average Bonchev–Trinajstić information content (AvgIpc) is 2.91. The zero-order chi connectivity index (χ0) is 16.6. The van der Waals surface area contributed by atoms with Crippen molar-refractivity contribution in [3.8, 4) is 5.75 Å². The van der Waals surface area contributed by atoms with Gasteiger partial charge in [0, 0.05) is 0 Å². The molecule has 0 bridgehead atoms. The number of aryl methyl sites for hydroxylation is 2. The minimum Gasteiger partial charge on any atom is -0.483 e. The fourth-order valence-electron chi connectivity index (χ4n) is 2.67. The largest absolute Gasteiger partial charge is 0.483 e. The van der Waals surface area contributed by atoms with Crippen LogP contribution in [0.15, 0.2) is 36.4 Å². The lowest BCUT2D eigenvalue weighted by molar-refractivity contribution is 0.218. The number of ether oxygens (including phenoxy) is 1. The number of rotatable bonds is 4. The molecule has 0 saturated heterocycles. The van der Waals surface area contributed by atoms with Gasteiger partial charge in [-0.1, -0.05) is 26.0 Å². The second kappa shape index (κ2) is 6.07. The Morgan fingerprint density at radius 1 is 0.957 bits per heavy atom. The van der Waals surface area contributed by atoms with E-state index in [4.69, 9.17) is 4.74 Å². The third-order valence-electron chi connectivity index (χ3n) is 4.36. The minimum atomic E-state index is -0.118. The van der Waals surface area contributed by atoms with Crippen molar-refractivity contribution in [1.29, 1.82) is 0 Å². The zero-order valence-corrected chi connectivity index (χ0v) is 14.5. The van der Waals surface area contributed by atoms with Crippen molar-refractivity contribution >= 4 is 11.0 Å². The van der Waals surface area contributed by atoms with Crippen LogP contribution in [0, 0.1) is 13.8 Å². The fraction of sp³-hybridized carbons (Fsp3) is 0.350. The van der Waals surface area contributed by atoms with Gasteiger partial charge in [0.2, 0.25) is 0 Å². The number of H-pyrrole nitrogens is 1. The van der Waals surface area contributed by atoms with Gasteiger partial charge in [0.1, 0.15) is 11.6 Å². The first-order valence-electron chi connectivity index (χ1n) is 8.17. The molecule has 120 valence electrons. The van der Waals surface area contributed by atoms with Crippen LogP contribution in [0.25, 0.3) is 11.0 Å². The van der Waals surface area contributed by atoms with E-state index in [-0.39, 0.29) is 6.10 Å². The molecule has 23 heavy (non-hydrogen) atoms. The molecule has 1 heterocycles. The molecule has 3 rings (SSSR count). The molecular formula is C20H24N2O. The molecule has 1 N–H and O–H groups in total. The molecule has 0 fully saturated rings. The SMILES string of the molecule is Cc1cc2nc([C@@H](C)Oc3ccc(C(C)C)cc3)[nH]c2cc1C. The lowest BCUT2D eigenvalue weighted by Gasteiger charge is -2.13. The molecule has 0 amide bonds. The van der Waals surface area contributed by atoms with E-state index < -0.39 is 0 Å². The number of aromatic nitrogens is 2. The van der Waals surface area contributed by atoms with E-state index in [0.717, 1.165) is 22.6 Å². The van der Waals surface area contributed by atoms with Crippen molar-refractivity contribution in [2.45, 2.75) is 46.6 Å². The summed E-state index contributed by atoms with van der Waals surface area (Å²) in [6.07, 6.45) is -0.118. The molecule has 3 aromatic rings. The first-order chi connectivity index (χ1) is 10.9. The van der Waals surface area contributed by atoms with Crippen LogP contribution in [0.5, 0.6) is 5.75 Å². The minimum absolute atomic E-state index is 0.118. The van der Waals surface area contributed by atoms with Gasteiger partial charge in [0.15, 0.2) is 6.10 Å². The van der Waals surface area contributed by atoms with Gasteiger partial charge in [0.05, 0.1) is 11.0 Å². The topological polar surface area (TPSA) is 37.9 Å². The lowest BCUT2D eigenvalue weighted by atomic mass is 10.0. The number of hydrogen-bond donors (Lipinski definition) is 1. The highest BCUT2D eigenvalue weighted by Gasteiger charge is 2.13. The van der Waals surface area contributed by atoms with Crippen molar-refractivity contribution in [3.05, 3.63) is 58.9 Å². The molecule has 0 saturated carbocycles. The highest BCUT2D eigenvalue weighted by molar-refractivity contribution is 5.77. The highest BCUT2D eigenvalue weighted by atomic mass is 16.5. The molecular weight excluding hydrogens is 284 g/mol. The molecule has 0 aliphatic heterocycles. The van der Waals surface area contributed by atoms with Crippen molar-refractivity contribution in [3.63, 3.8) is 0 Å². The number of nitrogens with zero attached hydrogens (tertiary/aromatic N) is 1. The van der Waals surface area contributed by atoms with Crippen LogP contribution in [-0.2, 0) is 0 Å². The van der Waals surface area contributed by atoms with Crippen LogP contribution >= 0.6 is 0 Å². The Morgan fingerprint density at radius 2 is 1.61 bits per heavy atom. The van der Waals surface area contributed by atoms with Gasteiger partial charge in [-0.2, -0.15) is 0 Å². The molecule has 3 heteroatoms. The summed E-state index contributed by atoms with van der Waals surface area (Å²) in [7, 11) is 0. The van der Waals surface area contributed by atoms with E-state index in [1.54, 1.807) is 0 Å². The quantitative estimate of drug-likeness (QED) is 0.696. The summed E-state index contributed by atoms with van der Waals surface area (Å²) in [5, 5.41) is 0. The smallest absolute Gasteiger partial charge is 0.153 e. The summed E-state index contributed by atoms with van der Waals surface area (Å²) in [5.41, 5.74) is 5.90. The van der Waals surface area contributed by atoms with Crippen LogP contribution in [0.3, 0.4) is 0 Å². The fourth-order valence-corrected chi connectivity index (χ4v) is 2.67. The van der Waals surface area contributed by atoms with E-state index in [1.807, 2.05) is 19.1 Å². The van der Waals surface area contributed by atoms with Gasteiger partial charge in [-0.05, 0) is 67.6 Å². The average molecular weight is 308 g/mol. The van der Waals surface area contributed by atoms with Crippen LogP contribution in [0.4, 0.5) is 0 Å². The second-order valence-corrected chi connectivity index (χ2v) is 6.56. The number of fused-ring (bicyclic) bond motifs is 1. The predicted molar refractivity (Wildman–Crippen MR) is 95.1 cm³/mol. The predicted octanol–water partition coefficient (Wildman–Crippen LogP) is 5.44. The molecule has 0 radical (unpaired) electrons. The lowest BCUT2D eigenvalue weighted by Crippen LogP contribution is -2.05. The van der Waals surface area contributed by atoms with Crippen molar-refractivity contribution < 1.29 is 4.74 Å². The van der Waals surface area contributed by atoms with E-state index >= 15 is 0 Å². The Hall–Kier alpha value is -2.29. The Balaban J connectivity index is 1.81. The third-order valence-corrected chi connectivity index (χ3v) is 4.36. The number of nitrogens with one attached hydrogen (secondary N) is 1. The molecule has 3 nitrogen and oxygen atoms in total. The number of hydrogen-bond acceptors (Lipinski definition) is 2. The Morgan fingerprint density at radius 3 is 2.26 bits per heavy atom. The van der Waals surface area contributed by atoms with Gasteiger partial charge < -0.3 is 9.72 Å². The normalized spacial score (nSPS) is 12.8. The van der Waals surface area contributed by atoms with E-state index in [0.29, 0.717) is 5.92 Å². The molecule has 0 aliphatic carbocycles. The van der Waals surface area contributed by atoms with Gasteiger partial charge >= 0.3 is 0 Å². The first kappa shape index (κ1) is 15.6. The maximum Gasteiger partial charge on any atom is 0.153 e. The third kappa shape index (κ3) is 3.24. The van der Waals surface area contributed by atoms with Gasteiger partial charge in [-0.3, -0.25) is 0 Å². The second-order valence-electron chi connectivity index (χ2n) is 6.56. The Kier molecular flexibility index (Phi) is 4.12. The van der Waals surface area contributed by atoms with Gasteiger partial charge in [-0.25, -0.2) is 4.98 Å². The number of benzene rings is 2. The summed E-state index contributed by atoms with van der Waals surface area (Å²) in [5.74, 6) is 2.26. The maximum absolute atomic E-state index is 6.03. The zero-order valence-electron chi connectivity index (χ0n) is 14.5. The monoisotopic (exact) mass is 308 g/mol. The van der Waals surface area contributed by atoms with E-state index in [2.05, 4.69) is 61.9 Å². The van der Waals surface area contributed by atoms with Crippen LogP contribution in [0.2, 0.25) is 0 Å². The van der Waals surface area contributed by atoms with Crippen molar-refractivity contribution in [1.82, 2.24) is 9.97 Å². The van der Waals surface area contributed by atoms with Crippen LogP contribution < -0.4 is 4.74 Å². The van der Waals surface area contributed by atoms with E-state index in [9.17, 15) is 0 Å². The van der Waals surface area contributed by atoms with Crippen molar-refractivity contribution in [2.75, 3.05) is 0 Å². The molecule has 0 unspecified atom stereocenters. The summed E-state index contributed by atoms with van der Waals surface area (Å²) >= 11 is 0. The Bertz CT molecular complexity index is 777. The summed E-state index contributed by atoms with van der Waals surface area (Å²) in [6, 6.07) is 12.6. The Labute approximate surface area is 137 Å². The molecule has 1 atom stereocenters. The summed E-state index contributed by atoms with van der Waals surface area (Å²) < 4.78 is 6.03. The highest BCUT2D eigenvalue weighted by Crippen LogP contribution is 2.25. The van der Waals surface area contributed by atoms with E-state index in [1.165, 1.54) is 16.7 Å². The maximum atomic E-state index is 6.03. The van der Waals surface area contributed by atoms with Gasteiger partial charge in [-0.15, -0.1) is 0 Å². The molecule has 0 spiro atoms. The standard InChI is InChI=1S/C20H24N2O/c1-12(2)16-6-8-17(9-7-16)23-15(5)20-21-18-10-13(3)14(4)11-19(18)22-20/h6-12,15H,1-5H3,(H,21,22)/t15-/m1/s1. The number of aromatic amines is 1. The molecule has 0 aliphatic rings. The molecule has 2 aromatic carbocycles. The number of imidazole rings is 1. The molecule has 1 aromatic heterocycles. The summed E-state index contributed by atoms with van der Waals surface area (Å²) in [6.45, 7) is 10.6. The summed E-state index contributed by atoms with van der Waals surface area (Å²) in [4.78, 5) is 8.05. The van der Waals surface area contributed by atoms with Gasteiger partial charge in [0.25, 0.3) is 0 Å². The van der Waals surface area contributed by atoms with Crippen LogP contribution in [0.1, 0.15) is 55.3 Å². The van der Waals surface area contributed by atoms with Crippen LogP contribution in [-0.4, -0.2) is 9.97 Å². The van der Waals surface area contributed by atoms with Crippen molar-refractivity contribution in [2.24, 2.45) is 0 Å². The first-order valence-corrected chi connectivity index (χ1v) is 8.17.